The number of carbonyl (C=O) groups excluding carboxylic acids is 2. The monoisotopic (exact) mass is 642 g/mol. The number of anilines is 1. The summed E-state index contributed by atoms with van der Waals surface area (Å²) in [6, 6.07) is 21.5. The molecule has 3 rings (SSSR count). The van der Waals surface area contributed by atoms with Gasteiger partial charge in [0.25, 0.3) is 0 Å². The summed E-state index contributed by atoms with van der Waals surface area (Å²) in [6.07, 6.45) is 0.269. The van der Waals surface area contributed by atoms with Crippen LogP contribution in [0.1, 0.15) is 36.1 Å². The van der Waals surface area contributed by atoms with Crippen molar-refractivity contribution in [3.8, 4) is 0 Å². The van der Waals surface area contributed by atoms with E-state index in [0.29, 0.717) is 11.3 Å². The van der Waals surface area contributed by atoms with Gasteiger partial charge in [0.05, 0.1) is 5.69 Å². The maximum atomic E-state index is 14.3. The summed E-state index contributed by atoms with van der Waals surface area (Å²) in [5, 5.41) is 2.96. The van der Waals surface area contributed by atoms with Crippen LogP contribution in [0.4, 0.5) is 5.69 Å². The zero-order valence-corrected chi connectivity index (χ0v) is 26.9. The van der Waals surface area contributed by atoms with Crippen LogP contribution in [0.2, 0.25) is 0 Å². The lowest BCUT2D eigenvalue weighted by molar-refractivity contribution is -0.140. The maximum absolute atomic E-state index is 14.3. The average Bonchev–Trinajstić information content (AvgIpc) is 2.91. The van der Waals surface area contributed by atoms with Crippen molar-refractivity contribution in [2.24, 2.45) is 0 Å². The standard InChI is InChI=1S/C31H39BrN4O4S/c1-22(2)33-31(38)29(19-25-10-8-7-9-11-25)35(20-26-14-16-27(32)17-15-26)30(37)21-36(41(39,40)34(5)6)28-18-23(3)12-13-24(28)4/h7-18,22,29H,19-21H2,1-6H3,(H,33,38). The van der Waals surface area contributed by atoms with Crippen LogP contribution in [0.5, 0.6) is 0 Å². The van der Waals surface area contributed by atoms with Crippen LogP contribution in [0.15, 0.2) is 77.3 Å². The topological polar surface area (TPSA) is 90.0 Å². The van der Waals surface area contributed by atoms with Crippen LogP contribution in [-0.4, -0.2) is 62.2 Å². The van der Waals surface area contributed by atoms with Crippen molar-refractivity contribution in [2.45, 2.75) is 52.7 Å². The highest BCUT2D eigenvalue weighted by Gasteiger charge is 2.35. The van der Waals surface area contributed by atoms with E-state index in [1.54, 1.807) is 6.07 Å². The van der Waals surface area contributed by atoms with E-state index in [1.165, 1.54) is 19.0 Å². The molecule has 8 nitrogen and oxygen atoms in total. The van der Waals surface area contributed by atoms with Crippen LogP contribution in [0.25, 0.3) is 0 Å². The van der Waals surface area contributed by atoms with E-state index in [0.717, 1.165) is 29.8 Å². The van der Waals surface area contributed by atoms with Crippen molar-refractivity contribution >= 4 is 43.6 Å². The number of hydrogen-bond acceptors (Lipinski definition) is 4. The Labute approximate surface area is 252 Å². The Morgan fingerprint density at radius 2 is 1.54 bits per heavy atom. The number of amides is 2. The van der Waals surface area contributed by atoms with E-state index in [2.05, 4.69) is 21.2 Å². The highest BCUT2D eigenvalue weighted by molar-refractivity contribution is 9.10. The predicted molar refractivity (Wildman–Crippen MR) is 168 cm³/mol. The molecule has 0 spiro atoms. The molecule has 0 aromatic heterocycles. The third-order valence-electron chi connectivity index (χ3n) is 6.62. The fourth-order valence-corrected chi connectivity index (χ4v) is 5.79. The zero-order valence-electron chi connectivity index (χ0n) is 24.5. The van der Waals surface area contributed by atoms with Crippen molar-refractivity contribution < 1.29 is 18.0 Å². The molecule has 0 heterocycles. The first kappa shape index (κ1) is 32.3. The third-order valence-corrected chi connectivity index (χ3v) is 8.95. The minimum absolute atomic E-state index is 0.123. The Balaban J connectivity index is 2.12. The lowest BCUT2D eigenvalue weighted by Gasteiger charge is -2.35. The van der Waals surface area contributed by atoms with Gasteiger partial charge >= 0.3 is 10.2 Å². The van der Waals surface area contributed by atoms with E-state index in [-0.39, 0.29) is 24.9 Å². The molecule has 3 aromatic carbocycles. The Morgan fingerprint density at radius 1 is 0.902 bits per heavy atom. The predicted octanol–water partition coefficient (Wildman–Crippen LogP) is 4.84. The lowest BCUT2D eigenvalue weighted by Crippen LogP contribution is -2.55. The molecule has 0 aliphatic carbocycles. The van der Waals surface area contributed by atoms with Gasteiger partial charge in [-0.15, -0.1) is 0 Å². The van der Waals surface area contributed by atoms with Crippen molar-refractivity contribution in [1.29, 1.82) is 0 Å². The molecule has 0 aliphatic heterocycles. The fraction of sp³-hybridized carbons (Fsp3) is 0.355. The van der Waals surface area contributed by atoms with E-state index in [1.807, 2.05) is 94.4 Å². The Hall–Kier alpha value is -3.21. The summed E-state index contributed by atoms with van der Waals surface area (Å²) in [7, 11) is -1.18. The summed E-state index contributed by atoms with van der Waals surface area (Å²) in [4.78, 5) is 29.5. The van der Waals surface area contributed by atoms with Crippen LogP contribution in [0.3, 0.4) is 0 Å². The molecule has 1 N–H and O–H groups in total. The number of hydrogen-bond donors (Lipinski definition) is 1. The second kappa shape index (κ2) is 14.1. The molecule has 10 heteroatoms. The third kappa shape index (κ3) is 8.64. The highest BCUT2D eigenvalue weighted by Crippen LogP contribution is 2.26. The number of nitrogens with one attached hydrogen (secondary N) is 1. The van der Waals surface area contributed by atoms with Gasteiger partial charge in [0.2, 0.25) is 11.8 Å². The number of rotatable bonds is 12. The Bertz CT molecular complexity index is 1440. The minimum atomic E-state index is -4.05. The lowest BCUT2D eigenvalue weighted by atomic mass is 10.0. The normalized spacial score (nSPS) is 12.3. The molecule has 2 amide bonds. The first-order chi connectivity index (χ1) is 19.3. The molecule has 0 fully saturated rings. The van der Waals surface area contributed by atoms with Crippen LogP contribution < -0.4 is 9.62 Å². The second-order valence-corrected chi connectivity index (χ2v) is 13.6. The number of benzene rings is 3. The molecule has 0 saturated carbocycles. The molecule has 220 valence electrons. The quantitative estimate of drug-likeness (QED) is 0.306. The highest BCUT2D eigenvalue weighted by atomic mass is 79.9. The molecule has 0 saturated heterocycles. The van der Waals surface area contributed by atoms with E-state index in [4.69, 9.17) is 0 Å². The smallest absolute Gasteiger partial charge is 0.304 e. The summed E-state index contributed by atoms with van der Waals surface area (Å²) in [6.45, 7) is 7.07. The van der Waals surface area contributed by atoms with E-state index in [9.17, 15) is 18.0 Å². The maximum Gasteiger partial charge on any atom is 0.304 e. The fourth-order valence-electron chi connectivity index (χ4n) is 4.41. The molecular weight excluding hydrogens is 604 g/mol. The average molecular weight is 644 g/mol. The van der Waals surface area contributed by atoms with Crippen molar-refractivity contribution in [3.05, 3.63) is 99.5 Å². The van der Waals surface area contributed by atoms with Gasteiger partial charge in [0, 0.05) is 37.6 Å². The Kier molecular flexibility index (Phi) is 11.1. The largest absolute Gasteiger partial charge is 0.352 e. The summed E-state index contributed by atoms with van der Waals surface area (Å²) >= 11 is 3.45. The molecule has 41 heavy (non-hydrogen) atoms. The van der Waals surface area contributed by atoms with Crippen LogP contribution in [0, 0.1) is 13.8 Å². The molecule has 3 aromatic rings. The number of carbonyl (C=O) groups is 2. The van der Waals surface area contributed by atoms with Crippen molar-refractivity contribution in [2.75, 3.05) is 24.9 Å². The van der Waals surface area contributed by atoms with Gasteiger partial charge < -0.3 is 10.2 Å². The molecule has 0 bridgehead atoms. The molecule has 1 unspecified atom stereocenters. The van der Waals surface area contributed by atoms with Crippen LogP contribution in [-0.2, 0) is 32.8 Å². The number of halogens is 1. The zero-order chi connectivity index (χ0) is 30.3. The summed E-state index contributed by atoms with van der Waals surface area (Å²) in [5.41, 5.74) is 3.69. The van der Waals surface area contributed by atoms with Gasteiger partial charge in [-0.2, -0.15) is 12.7 Å². The van der Waals surface area contributed by atoms with E-state index < -0.39 is 28.7 Å². The van der Waals surface area contributed by atoms with Gasteiger partial charge in [-0.1, -0.05) is 70.5 Å². The molecule has 0 aliphatic rings. The molecule has 0 radical (unpaired) electrons. The molecule has 1 atom stereocenters. The van der Waals surface area contributed by atoms with E-state index >= 15 is 0 Å². The van der Waals surface area contributed by atoms with Crippen molar-refractivity contribution in [3.63, 3.8) is 0 Å². The van der Waals surface area contributed by atoms with Gasteiger partial charge in [-0.05, 0) is 68.1 Å². The number of aryl methyl sites for hydroxylation is 2. The summed E-state index contributed by atoms with van der Waals surface area (Å²) in [5.74, 6) is -0.790. The van der Waals surface area contributed by atoms with Gasteiger partial charge in [-0.25, -0.2) is 4.31 Å². The van der Waals surface area contributed by atoms with Gasteiger partial charge in [0.1, 0.15) is 12.6 Å². The van der Waals surface area contributed by atoms with Gasteiger partial charge in [-0.3, -0.25) is 9.59 Å². The minimum Gasteiger partial charge on any atom is -0.352 e. The van der Waals surface area contributed by atoms with Crippen LogP contribution >= 0.6 is 15.9 Å². The summed E-state index contributed by atoms with van der Waals surface area (Å²) < 4.78 is 30.3. The van der Waals surface area contributed by atoms with Gasteiger partial charge in [0.15, 0.2) is 0 Å². The SMILES string of the molecule is Cc1ccc(C)c(N(CC(=O)N(Cc2ccc(Br)cc2)C(Cc2ccccc2)C(=O)NC(C)C)S(=O)(=O)N(C)C)c1. The first-order valence-electron chi connectivity index (χ1n) is 13.4. The molecular formula is C31H39BrN4O4S. The number of nitrogens with zero attached hydrogens (tertiary/aromatic N) is 3. The van der Waals surface area contributed by atoms with Crippen molar-refractivity contribution in [1.82, 2.24) is 14.5 Å². The second-order valence-electron chi connectivity index (χ2n) is 10.6. The Morgan fingerprint density at radius 3 is 2.12 bits per heavy atom. The first-order valence-corrected chi connectivity index (χ1v) is 15.6.